The van der Waals surface area contributed by atoms with E-state index in [1.165, 1.54) is 22.3 Å². The van der Waals surface area contributed by atoms with Gasteiger partial charge in [-0.2, -0.15) is 10.2 Å². The predicted molar refractivity (Wildman–Crippen MR) is 130 cm³/mol. The van der Waals surface area contributed by atoms with Crippen molar-refractivity contribution in [3.05, 3.63) is 58.7 Å². The van der Waals surface area contributed by atoms with E-state index >= 15 is 0 Å². The van der Waals surface area contributed by atoms with E-state index in [9.17, 15) is 0 Å². The zero-order valence-electron chi connectivity index (χ0n) is 18.5. The second kappa shape index (κ2) is 9.88. The minimum atomic E-state index is 0.317. The van der Waals surface area contributed by atoms with Crippen molar-refractivity contribution in [1.82, 2.24) is 10.9 Å². The summed E-state index contributed by atoms with van der Waals surface area (Å²) < 4.78 is 0. The van der Waals surface area contributed by atoms with Gasteiger partial charge >= 0.3 is 0 Å². The molecule has 1 aliphatic rings. The molecule has 0 radical (unpaired) electrons. The summed E-state index contributed by atoms with van der Waals surface area (Å²) in [5.74, 6) is 0.634. The molecular weight excluding hydrogens is 388 g/mol. The lowest BCUT2D eigenvalue weighted by Crippen LogP contribution is -2.28. The van der Waals surface area contributed by atoms with Gasteiger partial charge < -0.3 is 11.5 Å². The van der Waals surface area contributed by atoms with Crippen molar-refractivity contribution in [2.24, 2.45) is 31.7 Å². The van der Waals surface area contributed by atoms with Gasteiger partial charge in [-0.15, -0.1) is 0 Å². The molecule has 0 bridgehead atoms. The monoisotopic (exact) mass is 418 g/mol. The van der Waals surface area contributed by atoms with Gasteiger partial charge in [-0.05, 0) is 79.6 Å². The minimum absolute atomic E-state index is 0.317. The Labute approximate surface area is 183 Å². The fourth-order valence-corrected chi connectivity index (χ4v) is 3.48. The SMILES string of the molecule is CCN=C(N)NN=C(C)c1ccc2c(c1)Cc1cc(C(C)=NNC(N)=NCC)ccc1-2. The van der Waals surface area contributed by atoms with Crippen LogP contribution < -0.4 is 22.3 Å². The number of rotatable bonds is 6. The maximum Gasteiger partial charge on any atom is 0.209 e. The van der Waals surface area contributed by atoms with Crippen LogP contribution in [0.2, 0.25) is 0 Å². The molecule has 0 atom stereocenters. The molecule has 0 aromatic heterocycles. The number of benzene rings is 2. The smallest absolute Gasteiger partial charge is 0.209 e. The highest BCUT2D eigenvalue weighted by Crippen LogP contribution is 2.37. The Morgan fingerprint density at radius 2 is 1.19 bits per heavy atom. The number of fused-ring (bicyclic) bond motifs is 3. The van der Waals surface area contributed by atoms with Crippen molar-refractivity contribution in [3.8, 4) is 11.1 Å². The number of aliphatic imine (C=N–C) groups is 2. The van der Waals surface area contributed by atoms with Gasteiger partial charge in [0.15, 0.2) is 0 Å². The van der Waals surface area contributed by atoms with Crippen LogP contribution >= 0.6 is 0 Å². The minimum Gasteiger partial charge on any atom is -0.369 e. The zero-order valence-corrected chi connectivity index (χ0v) is 18.5. The lowest BCUT2D eigenvalue weighted by Gasteiger charge is -2.07. The molecule has 0 fully saturated rings. The van der Waals surface area contributed by atoms with E-state index < -0.39 is 0 Å². The molecule has 162 valence electrons. The van der Waals surface area contributed by atoms with Gasteiger partial charge in [-0.25, -0.2) is 10.9 Å². The third kappa shape index (κ3) is 5.28. The summed E-state index contributed by atoms with van der Waals surface area (Å²) in [5.41, 5.74) is 26.0. The second-order valence-electron chi connectivity index (χ2n) is 7.26. The first-order valence-electron chi connectivity index (χ1n) is 10.4. The molecule has 1 aliphatic carbocycles. The number of guanidine groups is 2. The van der Waals surface area contributed by atoms with Gasteiger partial charge in [0.2, 0.25) is 11.9 Å². The van der Waals surface area contributed by atoms with Gasteiger partial charge in [0.1, 0.15) is 0 Å². The third-order valence-corrected chi connectivity index (χ3v) is 5.05. The van der Waals surface area contributed by atoms with Gasteiger partial charge in [-0.1, -0.05) is 24.3 Å². The van der Waals surface area contributed by atoms with Crippen LogP contribution in [0.5, 0.6) is 0 Å². The number of hydrogen-bond acceptors (Lipinski definition) is 4. The highest BCUT2D eigenvalue weighted by Gasteiger charge is 2.20. The first-order valence-corrected chi connectivity index (χ1v) is 10.4. The summed E-state index contributed by atoms with van der Waals surface area (Å²) in [6.45, 7) is 8.99. The van der Waals surface area contributed by atoms with Crippen LogP contribution in [-0.4, -0.2) is 36.4 Å². The van der Waals surface area contributed by atoms with Crippen molar-refractivity contribution >= 4 is 23.3 Å². The number of nitrogens with one attached hydrogen (secondary N) is 2. The Morgan fingerprint density at radius 1 is 0.774 bits per heavy atom. The van der Waals surface area contributed by atoms with Crippen molar-refractivity contribution in [2.75, 3.05) is 13.1 Å². The van der Waals surface area contributed by atoms with Crippen LogP contribution in [0.15, 0.2) is 56.6 Å². The van der Waals surface area contributed by atoms with Crippen molar-refractivity contribution < 1.29 is 0 Å². The van der Waals surface area contributed by atoms with Crippen molar-refractivity contribution in [1.29, 1.82) is 0 Å². The molecule has 31 heavy (non-hydrogen) atoms. The number of hydrazone groups is 2. The van der Waals surface area contributed by atoms with E-state index in [0.717, 1.165) is 29.0 Å². The Balaban J connectivity index is 1.79. The van der Waals surface area contributed by atoms with Crippen molar-refractivity contribution in [2.45, 2.75) is 34.1 Å². The Morgan fingerprint density at radius 3 is 1.58 bits per heavy atom. The standard InChI is InChI=1S/C23H30N8/c1-5-26-22(24)30-28-14(3)16-7-9-20-18(11-16)13-19-12-17(8-10-21(19)20)15(4)29-31-23(25)27-6-2/h7-12H,5-6,13H2,1-4H3,(H3,24,26,30)(H3,25,27,31). The molecule has 3 rings (SSSR count). The average molecular weight is 419 g/mol. The highest BCUT2D eigenvalue weighted by molar-refractivity contribution is 6.02. The van der Waals surface area contributed by atoms with Gasteiger partial charge in [-0.3, -0.25) is 9.98 Å². The van der Waals surface area contributed by atoms with E-state index in [2.05, 4.69) is 67.4 Å². The Kier molecular flexibility index (Phi) is 7.02. The molecule has 0 amide bonds. The van der Waals surface area contributed by atoms with E-state index in [1.807, 2.05) is 27.7 Å². The average Bonchev–Trinajstić information content (AvgIpc) is 3.13. The predicted octanol–water partition coefficient (Wildman–Crippen LogP) is 2.55. The molecule has 2 aromatic rings. The quantitative estimate of drug-likeness (QED) is 0.279. The third-order valence-electron chi connectivity index (χ3n) is 5.05. The van der Waals surface area contributed by atoms with Crippen LogP contribution in [-0.2, 0) is 6.42 Å². The molecule has 0 saturated heterocycles. The number of nitrogens with two attached hydrogens (primary N) is 2. The molecule has 0 unspecified atom stereocenters. The summed E-state index contributed by atoms with van der Waals surface area (Å²) in [6, 6.07) is 12.9. The van der Waals surface area contributed by atoms with E-state index in [-0.39, 0.29) is 0 Å². The second-order valence-corrected chi connectivity index (χ2v) is 7.26. The number of hydrogen-bond donors (Lipinski definition) is 4. The molecular formula is C23H30N8. The first kappa shape index (κ1) is 22.0. The normalized spacial score (nSPS) is 14.3. The topological polar surface area (TPSA) is 126 Å². The molecule has 0 heterocycles. The van der Waals surface area contributed by atoms with E-state index in [0.29, 0.717) is 25.0 Å². The summed E-state index contributed by atoms with van der Waals surface area (Å²) in [4.78, 5) is 8.16. The zero-order chi connectivity index (χ0) is 22.4. The van der Waals surface area contributed by atoms with Gasteiger partial charge in [0.25, 0.3) is 0 Å². The van der Waals surface area contributed by atoms with Crippen LogP contribution in [0, 0.1) is 0 Å². The van der Waals surface area contributed by atoms with E-state index in [1.54, 1.807) is 0 Å². The lowest BCUT2D eigenvalue weighted by molar-refractivity contribution is 0.973. The van der Waals surface area contributed by atoms with Crippen LogP contribution in [0.25, 0.3) is 11.1 Å². The highest BCUT2D eigenvalue weighted by atomic mass is 15.4. The maximum atomic E-state index is 5.75. The molecule has 2 aromatic carbocycles. The molecule has 8 nitrogen and oxygen atoms in total. The fraction of sp³-hybridized carbons (Fsp3) is 0.304. The Bertz CT molecular complexity index is 993. The number of nitrogens with zero attached hydrogens (tertiary/aromatic N) is 4. The summed E-state index contributed by atoms with van der Waals surface area (Å²) in [7, 11) is 0. The van der Waals surface area contributed by atoms with E-state index in [4.69, 9.17) is 11.5 Å². The van der Waals surface area contributed by atoms with Crippen molar-refractivity contribution in [3.63, 3.8) is 0 Å². The summed E-state index contributed by atoms with van der Waals surface area (Å²) >= 11 is 0. The molecule has 6 N–H and O–H groups in total. The van der Waals surface area contributed by atoms with Gasteiger partial charge in [0, 0.05) is 13.1 Å². The largest absolute Gasteiger partial charge is 0.369 e. The molecule has 0 aliphatic heterocycles. The lowest BCUT2D eigenvalue weighted by atomic mass is 10.0. The summed E-state index contributed by atoms with van der Waals surface area (Å²) in [6.07, 6.45) is 0.868. The Hall–Kier alpha value is -3.68. The molecule has 0 saturated carbocycles. The van der Waals surface area contributed by atoms with Crippen LogP contribution in [0.3, 0.4) is 0 Å². The molecule has 8 heteroatoms. The van der Waals surface area contributed by atoms with Crippen LogP contribution in [0.1, 0.15) is 49.9 Å². The fourth-order valence-electron chi connectivity index (χ4n) is 3.48. The molecule has 0 spiro atoms. The summed E-state index contributed by atoms with van der Waals surface area (Å²) in [5, 5.41) is 8.68. The van der Waals surface area contributed by atoms with Gasteiger partial charge in [0.05, 0.1) is 11.4 Å². The van der Waals surface area contributed by atoms with Crippen LogP contribution in [0.4, 0.5) is 0 Å². The maximum absolute atomic E-state index is 5.75. The first-order chi connectivity index (χ1) is 14.9.